The molecule has 0 saturated heterocycles. The largest absolute Gasteiger partial charge is 0.467 e. The lowest BCUT2D eigenvalue weighted by Gasteiger charge is -2.26. The van der Waals surface area contributed by atoms with Crippen molar-refractivity contribution >= 4 is 33.5 Å². The molecule has 1 aromatic rings. The lowest BCUT2D eigenvalue weighted by atomic mass is 9.98. The molecule has 1 rings (SSSR count). The third-order valence-electron chi connectivity index (χ3n) is 2.61. The van der Waals surface area contributed by atoms with Crippen molar-refractivity contribution in [2.75, 3.05) is 12.4 Å². The van der Waals surface area contributed by atoms with Crippen LogP contribution in [0.25, 0.3) is 0 Å². The number of benzene rings is 1. The first-order valence-corrected chi connectivity index (χ1v) is 6.43. The fourth-order valence-electron chi connectivity index (χ4n) is 1.47. The molecule has 1 amide bonds. The first-order chi connectivity index (χ1) is 10.0. The standard InChI is InChI=1S/C12H10BrF4NO4/c1-22-10(20)11(21,12(15,16)17)5-9(19)18-8-3-2-6(13)4-7(8)14/h2-4,21H,5H2,1H3,(H,18,19)/t11-/m0/s1. The predicted octanol–water partition coefficient (Wildman–Crippen LogP) is 2.38. The molecule has 0 aromatic heterocycles. The van der Waals surface area contributed by atoms with Gasteiger partial charge >= 0.3 is 12.1 Å². The van der Waals surface area contributed by atoms with E-state index in [0.29, 0.717) is 11.6 Å². The first-order valence-electron chi connectivity index (χ1n) is 5.63. The topological polar surface area (TPSA) is 75.6 Å². The number of rotatable bonds is 4. The highest BCUT2D eigenvalue weighted by molar-refractivity contribution is 9.10. The number of ether oxygens (including phenoxy) is 1. The van der Waals surface area contributed by atoms with E-state index in [4.69, 9.17) is 0 Å². The fraction of sp³-hybridized carbons (Fsp3) is 0.333. The van der Waals surface area contributed by atoms with Crippen molar-refractivity contribution in [3.8, 4) is 0 Å². The monoisotopic (exact) mass is 387 g/mol. The maximum atomic E-state index is 13.5. The summed E-state index contributed by atoms with van der Waals surface area (Å²) < 4.78 is 56.0. The van der Waals surface area contributed by atoms with Crippen molar-refractivity contribution in [2.45, 2.75) is 18.2 Å². The van der Waals surface area contributed by atoms with Gasteiger partial charge in [-0.25, -0.2) is 9.18 Å². The Morgan fingerprint density at radius 1 is 1.36 bits per heavy atom. The maximum absolute atomic E-state index is 13.5. The minimum atomic E-state index is -5.43. The van der Waals surface area contributed by atoms with Crippen LogP contribution < -0.4 is 5.32 Å². The molecule has 1 atom stereocenters. The second kappa shape index (κ2) is 6.61. The van der Waals surface area contributed by atoms with Gasteiger partial charge in [-0.1, -0.05) is 15.9 Å². The van der Waals surface area contributed by atoms with Gasteiger partial charge < -0.3 is 15.2 Å². The lowest BCUT2D eigenvalue weighted by molar-refractivity contribution is -0.261. The van der Waals surface area contributed by atoms with Gasteiger partial charge in [0.2, 0.25) is 5.91 Å². The SMILES string of the molecule is COC(=O)[C@@](O)(CC(=O)Nc1ccc(Br)cc1F)C(F)(F)F. The summed E-state index contributed by atoms with van der Waals surface area (Å²) in [5.74, 6) is -4.35. The van der Waals surface area contributed by atoms with E-state index in [1.807, 2.05) is 5.32 Å². The first kappa shape index (κ1) is 18.4. The molecule has 122 valence electrons. The molecule has 5 nitrogen and oxygen atoms in total. The van der Waals surface area contributed by atoms with E-state index in [9.17, 15) is 32.3 Å². The Morgan fingerprint density at radius 2 is 1.95 bits per heavy atom. The third kappa shape index (κ3) is 3.95. The molecule has 0 aliphatic heterocycles. The number of halogens is 5. The van der Waals surface area contributed by atoms with E-state index >= 15 is 0 Å². The van der Waals surface area contributed by atoms with Crippen LogP contribution in [-0.4, -0.2) is 35.9 Å². The van der Waals surface area contributed by atoms with E-state index in [-0.39, 0.29) is 0 Å². The molecule has 0 unspecified atom stereocenters. The summed E-state index contributed by atoms with van der Waals surface area (Å²) in [6, 6.07) is 3.42. The van der Waals surface area contributed by atoms with Gasteiger partial charge in [0.15, 0.2) is 0 Å². The van der Waals surface area contributed by atoms with Crippen LogP contribution in [0.2, 0.25) is 0 Å². The highest BCUT2D eigenvalue weighted by atomic mass is 79.9. The van der Waals surface area contributed by atoms with Crippen LogP contribution in [0.3, 0.4) is 0 Å². The number of hydrogen-bond donors (Lipinski definition) is 2. The van der Waals surface area contributed by atoms with Crippen LogP contribution in [0, 0.1) is 5.82 Å². The van der Waals surface area contributed by atoms with Gasteiger partial charge in [0.25, 0.3) is 5.60 Å². The summed E-state index contributed by atoms with van der Waals surface area (Å²) in [4.78, 5) is 22.7. The molecule has 0 heterocycles. The lowest BCUT2D eigenvalue weighted by Crippen LogP contribution is -2.54. The average molecular weight is 388 g/mol. The summed E-state index contributed by atoms with van der Waals surface area (Å²) in [5.41, 5.74) is -4.42. The molecule has 2 N–H and O–H groups in total. The van der Waals surface area contributed by atoms with Crippen molar-refractivity contribution in [3.05, 3.63) is 28.5 Å². The molecule has 0 bridgehead atoms. The Hall–Kier alpha value is -1.68. The Balaban J connectivity index is 2.95. The molecule has 0 radical (unpaired) electrons. The molecule has 0 spiro atoms. The minimum absolute atomic E-state index is 0.351. The normalized spacial score (nSPS) is 14.1. The van der Waals surface area contributed by atoms with Crippen LogP contribution in [-0.2, 0) is 14.3 Å². The zero-order valence-corrected chi connectivity index (χ0v) is 12.6. The molecule has 1 aromatic carbocycles. The quantitative estimate of drug-likeness (QED) is 0.614. The number of amides is 1. The van der Waals surface area contributed by atoms with Gasteiger partial charge in [-0.2, -0.15) is 13.2 Å². The van der Waals surface area contributed by atoms with Crippen LogP contribution in [0.4, 0.5) is 23.2 Å². The molecule has 10 heteroatoms. The van der Waals surface area contributed by atoms with Crippen LogP contribution >= 0.6 is 15.9 Å². The van der Waals surface area contributed by atoms with Crippen molar-refractivity contribution in [1.29, 1.82) is 0 Å². The second-order valence-electron chi connectivity index (χ2n) is 4.20. The van der Waals surface area contributed by atoms with Gasteiger partial charge in [0.1, 0.15) is 5.82 Å². The second-order valence-corrected chi connectivity index (χ2v) is 5.11. The summed E-state index contributed by atoms with van der Waals surface area (Å²) in [6.07, 6.45) is -7.10. The number of esters is 1. The Morgan fingerprint density at radius 3 is 2.41 bits per heavy atom. The van der Waals surface area contributed by atoms with Crippen LogP contribution in [0.5, 0.6) is 0 Å². The summed E-state index contributed by atoms with van der Waals surface area (Å²) in [7, 11) is 0.630. The number of aliphatic hydroxyl groups is 1. The molecule has 0 saturated carbocycles. The van der Waals surface area contributed by atoms with Crippen LogP contribution in [0.15, 0.2) is 22.7 Å². The van der Waals surface area contributed by atoms with Gasteiger partial charge in [0.05, 0.1) is 19.2 Å². The fourth-order valence-corrected chi connectivity index (χ4v) is 1.81. The Labute approximate surface area is 130 Å². The highest BCUT2D eigenvalue weighted by Gasteiger charge is 2.61. The molecular weight excluding hydrogens is 378 g/mol. The van der Waals surface area contributed by atoms with Gasteiger partial charge in [-0.3, -0.25) is 4.79 Å². The van der Waals surface area contributed by atoms with E-state index < -0.39 is 41.6 Å². The summed E-state index contributed by atoms with van der Waals surface area (Å²) in [5, 5.41) is 11.3. The average Bonchev–Trinajstić information content (AvgIpc) is 2.39. The number of carbonyl (C=O) groups is 2. The van der Waals surface area contributed by atoms with Crippen molar-refractivity contribution in [1.82, 2.24) is 0 Å². The smallest absolute Gasteiger partial charge is 0.428 e. The Kier molecular flexibility index (Phi) is 5.52. The van der Waals surface area contributed by atoms with Crippen molar-refractivity contribution in [2.24, 2.45) is 0 Å². The number of anilines is 1. The number of hydrogen-bond acceptors (Lipinski definition) is 4. The zero-order chi connectivity index (χ0) is 17.1. The van der Waals surface area contributed by atoms with Crippen molar-refractivity contribution < 1.29 is 37.0 Å². The zero-order valence-electron chi connectivity index (χ0n) is 11.0. The summed E-state index contributed by atoms with van der Waals surface area (Å²) in [6.45, 7) is 0. The molecular formula is C12H10BrF4NO4. The van der Waals surface area contributed by atoms with E-state index in [0.717, 1.165) is 12.1 Å². The van der Waals surface area contributed by atoms with E-state index in [1.165, 1.54) is 6.07 Å². The summed E-state index contributed by atoms with van der Waals surface area (Å²) >= 11 is 2.96. The third-order valence-corrected chi connectivity index (χ3v) is 3.11. The van der Waals surface area contributed by atoms with Gasteiger partial charge in [-0.15, -0.1) is 0 Å². The molecule has 0 aliphatic rings. The number of alkyl halides is 3. The van der Waals surface area contributed by atoms with E-state index in [1.54, 1.807) is 0 Å². The Bertz CT molecular complexity index is 593. The van der Waals surface area contributed by atoms with Gasteiger partial charge in [-0.05, 0) is 18.2 Å². The maximum Gasteiger partial charge on any atom is 0.428 e. The molecule has 0 aliphatic carbocycles. The van der Waals surface area contributed by atoms with E-state index in [2.05, 4.69) is 20.7 Å². The number of methoxy groups -OCH3 is 1. The molecule has 0 fully saturated rings. The van der Waals surface area contributed by atoms with Crippen molar-refractivity contribution in [3.63, 3.8) is 0 Å². The number of nitrogens with one attached hydrogen (secondary N) is 1. The highest BCUT2D eigenvalue weighted by Crippen LogP contribution is 2.34. The van der Waals surface area contributed by atoms with Gasteiger partial charge in [0, 0.05) is 4.47 Å². The minimum Gasteiger partial charge on any atom is -0.467 e. The molecule has 22 heavy (non-hydrogen) atoms. The van der Waals surface area contributed by atoms with Crippen LogP contribution in [0.1, 0.15) is 6.42 Å². The number of carbonyl (C=O) groups excluding carboxylic acids is 2. The predicted molar refractivity (Wildman–Crippen MR) is 70.4 cm³/mol.